The Kier molecular flexibility index (Phi) is 3.80. The van der Waals surface area contributed by atoms with E-state index in [1.165, 1.54) is 10.9 Å². The molecule has 3 N–H and O–H groups in total. The minimum atomic E-state index is -0.170. The molecule has 0 saturated carbocycles. The molecule has 17 heavy (non-hydrogen) atoms. The summed E-state index contributed by atoms with van der Waals surface area (Å²) in [7, 11) is 1.71. The Labute approximate surface area is 102 Å². The van der Waals surface area contributed by atoms with Crippen LogP contribution < -0.4 is 11.1 Å². The average molecular weight is 238 g/mol. The molecule has 0 aliphatic rings. The van der Waals surface area contributed by atoms with Crippen LogP contribution in [0.1, 0.15) is 38.2 Å². The number of aryl methyl sites for hydroxylation is 1. The summed E-state index contributed by atoms with van der Waals surface area (Å²) >= 11 is 0. The van der Waals surface area contributed by atoms with Crippen LogP contribution in [-0.2, 0) is 7.05 Å². The van der Waals surface area contributed by atoms with Gasteiger partial charge in [-0.1, -0.05) is 27.7 Å². The van der Waals surface area contributed by atoms with Crippen LogP contribution in [0.3, 0.4) is 0 Å². The molecule has 1 rings (SSSR count). The van der Waals surface area contributed by atoms with Gasteiger partial charge in [-0.25, -0.2) is 0 Å². The second kappa shape index (κ2) is 4.77. The summed E-state index contributed by atoms with van der Waals surface area (Å²) in [6, 6.07) is 0. The second-order valence-electron chi connectivity index (χ2n) is 5.40. The Bertz CT molecular complexity index is 387. The molecule has 0 fully saturated rings. The molecule has 0 aromatic carbocycles. The van der Waals surface area contributed by atoms with E-state index in [2.05, 4.69) is 38.1 Å². The van der Waals surface area contributed by atoms with E-state index in [-0.39, 0.29) is 11.3 Å². The molecule has 1 aromatic rings. The number of nitrogens with two attached hydrogens (primary N) is 1. The molecule has 1 aromatic heterocycles. The van der Waals surface area contributed by atoms with E-state index in [1.54, 1.807) is 7.05 Å². The first-order valence-electron chi connectivity index (χ1n) is 5.81. The zero-order valence-electron chi connectivity index (χ0n) is 11.2. The zero-order valence-corrected chi connectivity index (χ0v) is 11.2. The van der Waals surface area contributed by atoms with Gasteiger partial charge in [0.2, 0.25) is 0 Å². The number of hydrogen-bond acceptors (Lipinski definition) is 3. The van der Waals surface area contributed by atoms with Gasteiger partial charge in [-0.3, -0.25) is 9.48 Å². The minimum Gasteiger partial charge on any atom is -0.396 e. The third kappa shape index (κ3) is 2.99. The van der Waals surface area contributed by atoms with Crippen molar-refractivity contribution in [3.8, 4) is 0 Å². The van der Waals surface area contributed by atoms with Gasteiger partial charge in [0.1, 0.15) is 5.69 Å². The third-order valence-electron chi connectivity index (χ3n) is 3.45. The molecule has 5 heteroatoms. The number of nitrogens with one attached hydrogen (secondary N) is 1. The van der Waals surface area contributed by atoms with Crippen molar-refractivity contribution in [1.82, 2.24) is 15.1 Å². The van der Waals surface area contributed by atoms with Gasteiger partial charge < -0.3 is 11.1 Å². The Morgan fingerprint density at radius 1 is 1.59 bits per heavy atom. The lowest BCUT2D eigenvalue weighted by atomic mass is 9.81. The van der Waals surface area contributed by atoms with E-state index in [0.29, 0.717) is 23.8 Å². The fourth-order valence-corrected chi connectivity index (χ4v) is 1.33. The number of amides is 1. The maximum atomic E-state index is 12.0. The maximum Gasteiger partial charge on any atom is 0.271 e. The molecule has 0 saturated heterocycles. The van der Waals surface area contributed by atoms with Crippen molar-refractivity contribution in [2.24, 2.45) is 18.4 Å². The smallest absolute Gasteiger partial charge is 0.271 e. The van der Waals surface area contributed by atoms with E-state index in [9.17, 15) is 4.79 Å². The van der Waals surface area contributed by atoms with Crippen LogP contribution >= 0.6 is 0 Å². The maximum absolute atomic E-state index is 12.0. The first-order valence-corrected chi connectivity index (χ1v) is 5.81. The van der Waals surface area contributed by atoms with Crippen LogP contribution in [-0.4, -0.2) is 22.2 Å². The summed E-state index contributed by atoms with van der Waals surface area (Å²) in [5.74, 6) is 0.322. The first-order chi connectivity index (χ1) is 7.75. The highest BCUT2D eigenvalue weighted by Gasteiger charge is 2.24. The lowest BCUT2D eigenvalue weighted by Gasteiger charge is -2.29. The number of carbonyl (C=O) groups is 1. The normalized spacial score (nSPS) is 11.9. The number of nitrogens with zero attached hydrogens (tertiary/aromatic N) is 2. The molecule has 0 atom stereocenters. The summed E-state index contributed by atoms with van der Waals surface area (Å²) in [5, 5.41) is 6.86. The SMILES string of the molecule is CC(C)C(C)(C)CNC(=O)c1c(N)cnn1C. The number of carbonyl (C=O) groups excluding carboxylic acids is 1. The Hall–Kier alpha value is -1.52. The standard InChI is InChI=1S/C12H22N4O/c1-8(2)12(3,4)7-14-11(17)10-9(13)6-15-16(10)5/h6,8H,7,13H2,1-5H3,(H,14,17). The van der Waals surface area contributed by atoms with Crippen LogP contribution in [0, 0.1) is 11.3 Å². The molecule has 96 valence electrons. The van der Waals surface area contributed by atoms with Gasteiger partial charge in [0, 0.05) is 13.6 Å². The van der Waals surface area contributed by atoms with E-state index in [0.717, 1.165) is 0 Å². The monoisotopic (exact) mass is 238 g/mol. The van der Waals surface area contributed by atoms with Crippen LogP contribution in [0.5, 0.6) is 0 Å². The summed E-state index contributed by atoms with van der Waals surface area (Å²) in [4.78, 5) is 12.0. The fraction of sp³-hybridized carbons (Fsp3) is 0.667. The highest BCUT2D eigenvalue weighted by Crippen LogP contribution is 2.24. The van der Waals surface area contributed by atoms with Crippen LogP contribution in [0.15, 0.2) is 6.20 Å². The summed E-state index contributed by atoms with van der Waals surface area (Å²) in [6.45, 7) is 9.17. The van der Waals surface area contributed by atoms with Crippen molar-refractivity contribution in [3.05, 3.63) is 11.9 Å². The van der Waals surface area contributed by atoms with Gasteiger partial charge in [-0.2, -0.15) is 5.10 Å². The molecule has 0 spiro atoms. The predicted octanol–water partition coefficient (Wildman–Crippen LogP) is 1.41. The average Bonchev–Trinajstić information content (AvgIpc) is 2.55. The lowest BCUT2D eigenvalue weighted by Crippen LogP contribution is -2.37. The Morgan fingerprint density at radius 3 is 2.59 bits per heavy atom. The van der Waals surface area contributed by atoms with Gasteiger partial charge in [-0.15, -0.1) is 0 Å². The molecule has 5 nitrogen and oxygen atoms in total. The summed E-state index contributed by atoms with van der Waals surface area (Å²) in [6.07, 6.45) is 1.49. The topological polar surface area (TPSA) is 72.9 Å². The quantitative estimate of drug-likeness (QED) is 0.833. The van der Waals surface area contributed by atoms with Gasteiger partial charge >= 0.3 is 0 Å². The molecule has 1 amide bonds. The molecule has 0 aliphatic heterocycles. The highest BCUT2D eigenvalue weighted by molar-refractivity contribution is 5.97. The highest BCUT2D eigenvalue weighted by atomic mass is 16.2. The van der Waals surface area contributed by atoms with Crippen molar-refractivity contribution in [2.75, 3.05) is 12.3 Å². The number of anilines is 1. The number of hydrogen-bond donors (Lipinski definition) is 2. The van der Waals surface area contributed by atoms with Gasteiger partial charge in [0.05, 0.1) is 11.9 Å². The van der Waals surface area contributed by atoms with Crippen molar-refractivity contribution in [3.63, 3.8) is 0 Å². The van der Waals surface area contributed by atoms with Crippen molar-refractivity contribution < 1.29 is 4.79 Å². The molecular weight excluding hydrogens is 216 g/mol. The number of nitrogen functional groups attached to an aromatic ring is 1. The van der Waals surface area contributed by atoms with Gasteiger partial charge in [-0.05, 0) is 11.3 Å². The van der Waals surface area contributed by atoms with E-state index in [4.69, 9.17) is 5.73 Å². The molecule has 0 bridgehead atoms. The predicted molar refractivity (Wildman–Crippen MR) is 68.6 cm³/mol. The third-order valence-corrected chi connectivity index (χ3v) is 3.45. The van der Waals surface area contributed by atoms with Crippen molar-refractivity contribution >= 4 is 11.6 Å². The summed E-state index contributed by atoms with van der Waals surface area (Å²) in [5.41, 5.74) is 6.59. The second-order valence-corrected chi connectivity index (χ2v) is 5.40. The number of rotatable bonds is 4. The van der Waals surface area contributed by atoms with E-state index in [1.807, 2.05) is 0 Å². The molecular formula is C12H22N4O. The van der Waals surface area contributed by atoms with Crippen LogP contribution in [0.4, 0.5) is 5.69 Å². The van der Waals surface area contributed by atoms with Gasteiger partial charge in [0.15, 0.2) is 0 Å². The lowest BCUT2D eigenvalue weighted by molar-refractivity contribution is 0.0916. The zero-order chi connectivity index (χ0) is 13.2. The summed E-state index contributed by atoms with van der Waals surface area (Å²) < 4.78 is 1.49. The first kappa shape index (κ1) is 13.5. The number of aromatic nitrogens is 2. The van der Waals surface area contributed by atoms with Crippen molar-refractivity contribution in [1.29, 1.82) is 0 Å². The largest absolute Gasteiger partial charge is 0.396 e. The molecule has 0 radical (unpaired) electrons. The Morgan fingerprint density at radius 2 is 2.18 bits per heavy atom. The molecule has 0 aliphatic carbocycles. The fourth-order valence-electron chi connectivity index (χ4n) is 1.33. The van der Waals surface area contributed by atoms with E-state index >= 15 is 0 Å². The molecule has 0 unspecified atom stereocenters. The minimum absolute atomic E-state index is 0.0585. The van der Waals surface area contributed by atoms with Gasteiger partial charge in [0.25, 0.3) is 5.91 Å². The van der Waals surface area contributed by atoms with E-state index < -0.39 is 0 Å². The molecule has 1 heterocycles. The van der Waals surface area contributed by atoms with Crippen LogP contribution in [0.2, 0.25) is 0 Å². The Balaban J connectivity index is 2.69. The van der Waals surface area contributed by atoms with Crippen LogP contribution in [0.25, 0.3) is 0 Å². The van der Waals surface area contributed by atoms with Crippen molar-refractivity contribution in [2.45, 2.75) is 27.7 Å².